The second kappa shape index (κ2) is 7.53. The predicted octanol–water partition coefficient (Wildman–Crippen LogP) is 2.42. The average Bonchev–Trinajstić information content (AvgIpc) is 2.44. The molecule has 0 radical (unpaired) electrons. The summed E-state index contributed by atoms with van der Waals surface area (Å²) < 4.78 is 9.85. The molecule has 0 heterocycles. The van der Waals surface area contributed by atoms with Gasteiger partial charge in [-0.15, -0.1) is 0 Å². The first-order valence-corrected chi connectivity index (χ1v) is 6.92. The lowest BCUT2D eigenvalue weighted by Gasteiger charge is -2.17. The van der Waals surface area contributed by atoms with Crippen LogP contribution in [0.1, 0.15) is 36.5 Å². The van der Waals surface area contributed by atoms with Crippen LogP contribution >= 0.6 is 0 Å². The SMILES string of the molecule is CCOC(=O)C(C(=O)OCC)c1ccc([N+](=O)[O-])c(C)c1C. The van der Waals surface area contributed by atoms with Crippen molar-refractivity contribution in [1.82, 2.24) is 0 Å². The van der Waals surface area contributed by atoms with Crippen LogP contribution in [0, 0.1) is 24.0 Å². The highest BCUT2D eigenvalue weighted by Gasteiger charge is 2.34. The van der Waals surface area contributed by atoms with E-state index in [0.717, 1.165) is 0 Å². The lowest BCUT2D eigenvalue weighted by atomic mass is 9.91. The maximum atomic E-state index is 12.1. The molecule has 0 saturated heterocycles. The molecule has 1 aromatic rings. The molecule has 7 heteroatoms. The third-order valence-electron chi connectivity index (χ3n) is 3.35. The van der Waals surface area contributed by atoms with Crippen molar-refractivity contribution in [3.8, 4) is 0 Å². The summed E-state index contributed by atoms with van der Waals surface area (Å²) in [5.74, 6) is -2.69. The van der Waals surface area contributed by atoms with Crippen LogP contribution in [0.5, 0.6) is 0 Å². The molecule has 0 N–H and O–H groups in total. The lowest BCUT2D eigenvalue weighted by molar-refractivity contribution is -0.385. The summed E-state index contributed by atoms with van der Waals surface area (Å²) >= 11 is 0. The molecule has 0 bridgehead atoms. The second-order valence-electron chi connectivity index (χ2n) is 4.62. The average molecular weight is 309 g/mol. The van der Waals surface area contributed by atoms with E-state index in [0.29, 0.717) is 16.7 Å². The summed E-state index contributed by atoms with van der Waals surface area (Å²) in [6.45, 7) is 6.72. The fourth-order valence-electron chi connectivity index (χ4n) is 2.14. The summed E-state index contributed by atoms with van der Waals surface area (Å²) in [4.78, 5) is 34.6. The van der Waals surface area contributed by atoms with Gasteiger partial charge in [-0.3, -0.25) is 19.7 Å². The zero-order chi connectivity index (χ0) is 16.9. The third kappa shape index (κ3) is 3.60. The van der Waals surface area contributed by atoms with Crippen LogP contribution in [-0.4, -0.2) is 30.1 Å². The topological polar surface area (TPSA) is 95.7 Å². The Morgan fingerprint density at radius 1 is 1.09 bits per heavy atom. The van der Waals surface area contributed by atoms with E-state index in [9.17, 15) is 19.7 Å². The first-order chi connectivity index (χ1) is 10.3. The number of nitrogens with zero attached hydrogens (tertiary/aromatic N) is 1. The Balaban J connectivity index is 3.37. The van der Waals surface area contributed by atoms with Crippen LogP contribution in [0.2, 0.25) is 0 Å². The Bertz CT molecular complexity index is 578. The number of carbonyl (C=O) groups is 2. The maximum Gasteiger partial charge on any atom is 0.324 e. The van der Waals surface area contributed by atoms with Crippen molar-refractivity contribution in [3.05, 3.63) is 38.9 Å². The molecule has 0 saturated carbocycles. The van der Waals surface area contributed by atoms with Gasteiger partial charge < -0.3 is 9.47 Å². The molecule has 0 amide bonds. The van der Waals surface area contributed by atoms with Crippen LogP contribution in [-0.2, 0) is 19.1 Å². The molecular weight excluding hydrogens is 290 g/mol. The van der Waals surface area contributed by atoms with Gasteiger partial charge in [0.1, 0.15) is 0 Å². The number of hydrogen-bond acceptors (Lipinski definition) is 6. The number of hydrogen-bond donors (Lipinski definition) is 0. The summed E-state index contributed by atoms with van der Waals surface area (Å²) in [5, 5.41) is 11.0. The number of nitro groups is 1. The normalized spacial score (nSPS) is 10.4. The molecule has 0 aliphatic heterocycles. The van der Waals surface area contributed by atoms with E-state index in [2.05, 4.69) is 0 Å². The molecule has 1 aromatic carbocycles. The fourth-order valence-corrected chi connectivity index (χ4v) is 2.14. The predicted molar refractivity (Wildman–Crippen MR) is 78.6 cm³/mol. The van der Waals surface area contributed by atoms with Gasteiger partial charge in [0.05, 0.1) is 18.1 Å². The number of carbonyl (C=O) groups excluding carboxylic acids is 2. The number of benzene rings is 1. The van der Waals surface area contributed by atoms with Gasteiger partial charge in [-0.25, -0.2) is 0 Å². The lowest BCUT2D eigenvalue weighted by Crippen LogP contribution is -2.27. The highest BCUT2D eigenvalue weighted by molar-refractivity contribution is 6.01. The molecule has 0 aromatic heterocycles. The van der Waals surface area contributed by atoms with E-state index >= 15 is 0 Å². The van der Waals surface area contributed by atoms with Gasteiger partial charge in [0, 0.05) is 11.6 Å². The standard InChI is InChI=1S/C15H19NO6/c1-5-21-14(17)13(15(18)22-6-2)11-7-8-12(16(19)20)10(4)9(11)3/h7-8,13H,5-6H2,1-4H3. The molecule has 0 atom stereocenters. The largest absolute Gasteiger partial charge is 0.465 e. The van der Waals surface area contributed by atoms with Crippen LogP contribution in [0.3, 0.4) is 0 Å². The third-order valence-corrected chi connectivity index (χ3v) is 3.35. The van der Waals surface area contributed by atoms with E-state index in [-0.39, 0.29) is 18.9 Å². The summed E-state index contributed by atoms with van der Waals surface area (Å²) in [6.07, 6.45) is 0. The van der Waals surface area contributed by atoms with Crippen molar-refractivity contribution < 1.29 is 24.0 Å². The van der Waals surface area contributed by atoms with Crippen LogP contribution in [0.25, 0.3) is 0 Å². The van der Waals surface area contributed by atoms with Crippen molar-refractivity contribution >= 4 is 17.6 Å². The van der Waals surface area contributed by atoms with Gasteiger partial charge in [-0.2, -0.15) is 0 Å². The molecule has 7 nitrogen and oxygen atoms in total. The molecule has 0 aliphatic rings. The van der Waals surface area contributed by atoms with Gasteiger partial charge in [0.25, 0.3) is 5.69 Å². The molecule has 0 aliphatic carbocycles. The number of nitro benzene ring substituents is 1. The van der Waals surface area contributed by atoms with Crippen molar-refractivity contribution in [3.63, 3.8) is 0 Å². The quantitative estimate of drug-likeness (QED) is 0.346. The Hall–Kier alpha value is -2.44. The summed E-state index contributed by atoms with van der Waals surface area (Å²) in [7, 11) is 0. The van der Waals surface area contributed by atoms with E-state index in [1.165, 1.54) is 12.1 Å². The van der Waals surface area contributed by atoms with Gasteiger partial charge in [-0.05, 0) is 38.8 Å². The molecular formula is C15H19NO6. The van der Waals surface area contributed by atoms with Gasteiger partial charge in [-0.1, -0.05) is 6.07 Å². The first kappa shape index (κ1) is 17.6. The molecule has 0 unspecified atom stereocenters. The highest BCUT2D eigenvalue weighted by atomic mass is 16.6. The minimum atomic E-state index is -1.24. The number of esters is 2. The summed E-state index contributed by atoms with van der Waals surface area (Å²) in [6, 6.07) is 2.68. The van der Waals surface area contributed by atoms with Crippen LogP contribution < -0.4 is 0 Å². The van der Waals surface area contributed by atoms with Crippen molar-refractivity contribution in [2.45, 2.75) is 33.6 Å². The Morgan fingerprint density at radius 2 is 1.59 bits per heavy atom. The Morgan fingerprint density at radius 3 is 2.00 bits per heavy atom. The fraction of sp³-hybridized carbons (Fsp3) is 0.467. The summed E-state index contributed by atoms with van der Waals surface area (Å²) in [5.41, 5.74) is 1.20. The van der Waals surface area contributed by atoms with Gasteiger partial charge in [0.15, 0.2) is 5.92 Å². The van der Waals surface area contributed by atoms with Crippen molar-refractivity contribution in [2.75, 3.05) is 13.2 Å². The maximum absolute atomic E-state index is 12.1. The van der Waals surface area contributed by atoms with Gasteiger partial charge >= 0.3 is 11.9 Å². The van der Waals surface area contributed by atoms with Gasteiger partial charge in [0.2, 0.25) is 0 Å². The van der Waals surface area contributed by atoms with Crippen LogP contribution in [0.4, 0.5) is 5.69 Å². The van der Waals surface area contributed by atoms with E-state index < -0.39 is 22.8 Å². The van der Waals surface area contributed by atoms with E-state index in [1.807, 2.05) is 0 Å². The number of ether oxygens (including phenoxy) is 2. The van der Waals surface area contributed by atoms with Crippen LogP contribution in [0.15, 0.2) is 12.1 Å². The monoisotopic (exact) mass is 309 g/mol. The Kier molecular flexibility index (Phi) is 6.03. The van der Waals surface area contributed by atoms with E-state index in [1.54, 1.807) is 27.7 Å². The first-order valence-electron chi connectivity index (χ1n) is 6.92. The molecule has 22 heavy (non-hydrogen) atoms. The molecule has 0 spiro atoms. The molecule has 120 valence electrons. The smallest absolute Gasteiger partial charge is 0.324 e. The zero-order valence-electron chi connectivity index (χ0n) is 13.0. The minimum Gasteiger partial charge on any atom is -0.465 e. The van der Waals surface area contributed by atoms with Crippen molar-refractivity contribution in [1.29, 1.82) is 0 Å². The van der Waals surface area contributed by atoms with Crippen molar-refractivity contribution in [2.24, 2.45) is 0 Å². The van der Waals surface area contributed by atoms with E-state index in [4.69, 9.17) is 9.47 Å². The zero-order valence-corrected chi connectivity index (χ0v) is 13.0. The second-order valence-corrected chi connectivity index (χ2v) is 4.62. The minimum absolute atomic E-state index is 0.0623. The molecule has 0 fully saturated rings. The molecule has 1 rings (SSSR count). The number of rotatable bonds is 6. The Labute approximate surface area is 128 Å². The highest BCUT2D eigenvalue weighted by Crippen LogP contribution is 2.30.